The topological polar surface area (TPSA) is 41.5 Å². The molecule has 0 spiro atoms. The molecular weight excluding hydrogens is 238 g/mol. The summed E-state index contributed by atoms with van der Waals surface area (Å²) in [5.41, 5.74) is 1.14. The molecule has 0 radical (unpaired) electrons. The van der Waals surface area contributed by atoms with Crippen molar-refractivity contribution in [3.8, 4) is 5.75 Å². The number of ether oxygens (including phenoxy) is 1. The van der Waals surface area contributed by atoms with Crippen LogP contribution in [0.2, 0.25) is 0 Å². The van der Waals surface area contributed by atoms with Crippen LogP contribution in [-0.4, -0.2) is 25.4 Å². The van der Waals surface area contributed by atoms with Gasteiger partial charge in [0, 0.05) is 30.2 Å². The third-order valence-corrected chi connectivity index (χ3v) is 4.22. The lowest BCUT2D eigenvalue weighted by Crippen LogP contribution is -2.37. The molecule has 1 rings (SSSR count). The minimum absolute atomic E-state index is 0.0176. The number of aliphatic hydroxyl groups excluding tert-OH is 1. The quantitative estimate of drug-likeness (QED) is 0.758. The van der Waals surface area contributed by atoms with Gasteiger partial charge in [0.15, 0.2) is 0 Å². The second-order valence-corrected chi connectivity index (χ2v) is 5.21. The Morgan fingerprint density at radius 2 is 1.89 bits per heavy atom. The number of rotatable bonds is 8. The molecule has 0 bridgehead atoms. The maximum Gasteiger partial charge on any atom is 0.123 e. The van der Waals surface area contributed by atoms with Crippen LogP contribution in [0.25, 0.3) is 0 Å². The van der Waals surface area contributed by atoms with Crippen molar-refractivity contribution in [3.63, 3.8) is 0 Å². The van der Waals surface area contributed by atoms with Gasteiger partial charge in [0.05, 0.1) is 7.11 Å². The van der Waals surface area contributed by atoms with Crippen molar-refractivity contribution in [1.82, 2.24) is 5.32 Å². The first-order valence-corrected chi connectivity index (χ1v) is 7.09. The minimum Gasteiger partial charge on any atom is -0.496 e. The van der Waals surface area contributed by atoms with Crippen molar-refractivity contribution in [3.05, 3.63) is 29.8 Å². The van der Waals surface area contributed by atoms with Crippen molar-refractivity contribution in [2.45, 2.75) is 39.7 Å². The van der Waals surface area contributed by atoms with E-state index in [-0.39, 0.29) is 18.1 Å². The fraction of sp³-hybridized carbons (Fsp3) is 0.625. The molecule has 0 saturated carbocycles. The van der Waals surface area contributed by atoms with Crippen molar-refractivity contribution >= 4 is 0 Å². The first kappa shape index (κ1) is 16.0. The average molecular weight is 265 g/mol. The van der Waals surface area contributed by atoms with Crippen LogP contribution in [-0.2, 0) is 0 Å². The Labute approximate surface area is 117 Å². The van der Waals surface area contributed by atoms with E-state index in [1.165, 1.54) is 0 Å². The van der Waals surface area contributed by atoms with Crippen LogP contribution in [0.3, 0.4) is 0 Å². The Balaban J connectivity index is 2.72. The molecule has 0 heterocycles. The summed E-state index contributed by atoms with van der Waals surface area (Å²) in [6, 6.07) is 8.27. The Hall–Kier alpha value is -1.06. The van der Waals surface area contributed by atoms with Crippen molar-refractivity contribution in [2.24, 2.45) is 5.41 Å². The van der Waals surface area contributed by atoms with Crippen LogP contribution >= 0.6 is 0 Å². The smallest absolute Gasteiger partial charge is 0.123 e. The third-order valence-electron chi connectivity index (χ3n) is 4.22. The molecule has 1 aromatic rings. The molecule has 1 atom stereocenters. The van der Waals surface area contributed by atoms with Crippen LogP contribution < -0.4 is 10.1 Å². The van der Waals surface area contributed by atoms with E-state index in [0.717, 1.165) is 30.7 Å². The molecule has 0 unspecified atom stereocenters. The first-order chi connectivity index (χ1) is 9.12. The second kappa shape index (κ2) is 7.51. The van der Waals surface area contributed by atoms with Gasteiger partial charge in [0.2, 0.25) is 0 Å². The predicted octanol–water partition coefficient (Wildman–Crippen LogP) is 3.14. The van der Waals surface area contributed by atoms with E-state index in [4.69, 9.17) is 4.74 Å². The van der Waals surface area contributed by atoms with Crippen LogP contribution in [0.5, 0.6) is 5.75 Å². The molecule has 0 amide bonds. The summed E-state index contributed by atoms with van der Waals surface area (Å²) >= 11 is 0. The van der Waals surface area contributed by atoms with E-state index in [1.807, 2.05) is 18.2 Å². The summed E-state index contributed by atoms with van der Waals surface area (Å²) in [6.07, 6.45) is 1.96. The molecule has 0 aromatic heterocycles. The Morgan fingerprint density at radius 1 is 1.26 bits per heavy atom. The second-order valence-electron chi connectivity index (χ2n) is 5.21. The van der Waals surface area contributed by atoms with Crippen LogP contribution in [0.15, 0.2) is 24.3 Å². The number of hydrogen-bond donors (Lipinski definition) is 2. The van der Waals surface area contributed by atoms with Crippen molar-refractivity contribution in [2.75, 3.05) is 20.3 Å². The number of nitrogens with one attached hydrogen (secondary N) is 1. The van der Waals surface area contributed by atoms with E-state index in [0.29, 0.717) is 0 Å². The molecule has 19 heavy (non-hydrogen) atoms. The first-order valence-electron chi connectivity index (χ1n) is 7.09. The van der Waals surface area contributed by atoms with E-state index in [9.17, 15) is 5.11 Å². The Kier molecular flexibility index (Phi) is 6.32. The third kappa shape index (κ3) is 3.95. The summed E-state index contributed by atoms with van der Waals surface area (Å²) in [4.78, 5) is 0. The molecule has 0 saturated heterocycles. The highest BCUT2D eigenvalue weighted by molar-refractivity contribution is 5.35. The van der Waals surface area contributed by atoms with Crippen molar-refractivity contribution < 1.29 is 9.84 Å². The Bertz CT molecular complexity index is 367. The van der Waals surface area contributed by atoms with Gasteiger partial charge >= 0.3 is 0 Å². The number of methoxy groups -OCH3 is 1. The molecule has 0 fully saturated rings. The average Bonchev–Trinajstić information content (AvgIpc) is 2.49. The molecule has 0 aliphatic rings. The van der Waals surface area contributed by atoms with Gasteiger partial charge < -0.3 is 15.2 Å². The maximum absolute atomic E-state index is 9.60. The maximum atomic E-state index is 9.60. The lowest BCUT2D eigenvalue weighted by molar-refractivity contribution is 0.110. The molecule has 108 valence electrons. The van der Waals surface area contributed by atoms with Crippen LogP contribution in [0, 0.1) is 5.41 Å². The SMILES string of the molecule is CCC(CC)(CO)CN[C@@H](C)c1ccccc1OC. The zero-order valence-corrected chi connectivity index (χ0v) is 12.6. The summed E-state index contributed by atoms with van der Waals surface area (Å²) in [6.45, 7) is 7.44. The molecule has 2 N–H and O–H groups in total. The minimum atomic E-state index is -0.0176. The van der Waals surface area contributed by atoms with Gasteiger partial charge in [-0.2, -0.15) is 0 Å². The molecule has 1 aromatic carbocycles. The van der Waals surface area contributed by atoms with Gasteiger partial charge in [0.25, 0.3) is 0 Å². The number of aliphatic hydroxyl groups is 1. The molecule has 0 aliphatic carbocycles. The number of hydrogen-bond acceptors (Lipinski definition) is 3. The lowest BCUT2D eigenvalue weighted by Gasteiger charge is -2.31. The van der Waals surface area contributed by atoms with Crippen LogP contribution in [0.4, 0.5) is 0 Å². The predicted molar refractivity (Wildman–Crippen MR) is 79.5 cm³/mol. The van der Waals surface area contributed by atoms with Crippen LogP contribution in [0.1, 0.15) is 45.2 Å². The largest absolute Gasteiger partial charge is 0.496 e. The zero-order chi connectivity index (χ0) is 14.3. The van der Waals surface area contributed by atoms with Gasteiger partial charge in [-0.3, -0.25) is 0 Å². The van der Waals surface area contributed by atoms with Gasteiger partial charge in [-0.25, -0.2) is 0 Å². The van der Waals surface area contributed by atoms with E-state index in [2.05, 4.69) is 32.2 Å². The molecule has 3 nitrogen and oxygen atoms in total. The molecule has 0 aliphatic heterocycles. The van der Waals surface area contributed by atoms with E-state index < -0.39 is 0 Å². The standard InChI is InChI=1S/C16H27NO2/c1-5-16(6-2,12-18)11-17-13(3)14-9-7-8-10-15(14)19-4/h7-10,13,17-18H,5-6,11-12H2,1-4H3/t13-/m0/s1. The van der Waals surface area contributed by atoms with Gasteiger partial charge in [0.1, 0.15) is 5.75 Å². The Morgan fingerprint density at radius 3 is 2.42 bits per heavy atom. The highest BCUT2D eigenvalue weighted by atomic mass is 16.5. The number of para-hydroxylation sites is 1. The fourth-order valence-electron chi connectivity index (χ4n) is 2.28. The fourth-order valence-corrected chi connectivity index (χ4v) is 2.28. The lowest BCUT2D eigenvalue weighted by atomic mass is 9.83. The van der Waals surface area contributed by atoms with Gasteiger partial charge in [-0.1, -0.05) is 32.0 Å². The summed E-state index contributed by atoms with van der Waals surface area (Å²) in [7, 11) is 1.70. The monoisotopic (exact) mass is 265 g/mol. The summed E-state index contributed by atoms with van der Waals surface area (Å²) in [5, 5.41) is 13.1. The van der Waals surface area contributed by atoms with E-state index >= 15 is 0 Å². The van der Waals surface area contributed by atoms with Gasteiger partial charge in [-0.05, 0) is 25.8 Å². The highest BCUT2D eigenvalue weighted by Gasteiger charge is 2.26. The normalized spacial score (nSPS) is 13.3. The summed E-state index contributed by atoms with van der Waals surface area (Å²) in [5.74, 6) is 0.907. The molecule has 3 heteroatoms. The van der Waals surface area contributed by atoms with Gasteiger partial charge in [-0.15, -0.1) is 0 Å². The van der Waals surface area contributed by atoms with E-state index in [1.54, 1.807) is 7.11 Å². The molecular formula is C16H27NO2. The number of benzene rings is 1. The highest BCUT2D eigenvalue weighted by Crippen LogP contribution is 2.28. The summed E-state index contributed by atoms with van der Waals surface area (Å²) < 4.78 is 5.39. The van der Waals surface area contributed by atoms with Crippen molar-refractivity contribution in [1.29, 1.82) is 0 Å². The zero-order valence-electron chi connectivity index (χ0n) is 12.6.